The first-order valence-electron chi connectivity index (χ1n) is 6.91. The van der Waals surface area contributed by atoms with Crippen molar-refractivity contribution >= 4 is 5.82 Å². The van der Waals surface area contributed by atoms with Crippen LogP contribution in [0.5, 0.6) is 5.75 Å². The largest absolute Gasteiger partial charge is 0.493 e. The van der Waals surface area contributed by atoms with Crippen molar-refractivity contribution in [1.82, 2.24) is 9.97 Å². The van der Waals surface area contributed by atoms with Gasteiger partial charge in [-0.2, -0.15) is 0 Å². The average molecular weight is 269 g/mol. The molecule has 0 fully saturated rings. The molecule has 0 aliphatic carbocycles. The molecule has 3 rings (SSSR count). The van der Waals surface area contributed by atoms with E-state index in [0.717, 1.165) is 36.7 Å². The second kappa shape index (κ2) is 5.49. The summed E-state index contributed by atoms with van der Waals surface area (Å²) >= 11 is 0. The lowest BCUT2D eigenvalue weighted by atomic mass is 9.93. The molecule has 0 saturated carbocycles. The van der Waals surface area contributed by atoms with Crippen molar-refractivity contribution in [3.63, 3.8) is 0 Å². The molecule has 104 valence electrons. The zero-order valence-electron chi connectivity index (χ0n) is 11.9. The predicted octanol–water partition coefficient (Wildman–Crippen LogP) is 2.34. The van der Waals surface area contributed by atoms with Crippen molar-refractivity contribution in [2.24, 2.45) is 5.92 Å². The van der Waals surface area contributed by atoms with Crippen molar-refractivity contribution in [2.75, 3.05) is 25.6 Å². The number of rotatable bonds is 3. The van der Waals surface area contributed by atoms with Crippen molar-refractivity contribution in [3.05, 3.63) is 47.9 Å². The fourth-order valence-corrected chi connectivity index (χ4v) is 2.56. The van der Waals surface area contributed by atoms with Crippen molar-refractivity contribution in [3.8, 4) is 5.75 Å². The summed E-state index contributed by atoms with van der Waals surface area (Å²) in [5.41, 5.74) is 2.38. The molecule has 0 radical (unpaired) electrons. The first-order chi connectivity index (χ1) is 9.72. The minimum Gasteiger partial charge on any atom is -0.493 e. The van der Waals surface area contributed by atoms with E-state index in [0.29, 0.717) is 5.92 Å². The molecule has 0 spiro atoms. The van der Waals surface area contributed by atoms with Crippen LogP contribution in [0.4, 0.5) is 5.82 Å². The lowest BCUT2D eigenvalue weighted by molar-refractivity contribution is 0.220. The Bertz CT molecular complexity index is 598. The lowest BCUT2D eigenvalue weighted by Gasteiger charge is -2.25. The van der Waals surface area contributed by atoms with Crippen LogP contribution in [-0.4, -0.2) is 30.7 Å². The summed E-state index contributed by atoms with van der Waals surface area (Å²) < 4.78 is 5.83. The van der Waals surface area contributed by atoms with Gasteiger partial charge >= 0.3 is 0 Å². The summed E-state index contributed by atoms with van der Waals surface area (Å²) in [6, 6.07) is 10.3. The molecular formula is C16H19N3O. The highest BCUT2D eigenvalue weighted by atomic mass is 16.5. The smallest absolute Gasteiger partial charge is 0.131 e. The summed E-state index contributed by atoms with van der Waals surface area (Å²) in [6.07, 6.45) is 3.62. The van der Waals surface area contributed by atoms with Crippen LogP contribution >= 0.6 is 0 Å². The van der Waals surface area contributed by atoms with Gasteiger partial charge < -0.3 is 9.64 Å². The van der Waals surface area contributed by atoms with Gasteiger partial charge in [0.25, 0.3) is 0 Å². The highest BCUT2D eigenvalue weighted by Crippen LogP contribution is 2.28. The maximum Gasteiger partial charge on any atom is 0.131 e. The third-order valence-electron chi connectivity index (χ3n) is 3.62. The van der Waals surface area contributed by atoms with Gasteiger partial charge in [-0.1, -0.05) is 18.2 Å². The number of nitrogens with zero attached hydrogens (tertiary/aromatic N) is 3. The van der Waals surface area contributed by atoms with Gasteiger partial charge in [-0.15, -0.1) is 0 Å². The van der Waals surface area contributed by atoms with Gasteiger partial charge in [0, 0.05) is 31.8 Å². The molecule has 0 N–H and O–H groups in total. The van der Waals surface area contributed by atoms with Gasteiger partial charge in [-0.3, -0.25) is 0 Å². The Morgan fingerprint density at radius 2 is 2.10 bits per heavy atom. The summed E-state index contributed by atoms with van der Waals surface area (Å²) in [5, 5.41) is 0. The molecule has 1 aromatic carbocycles. The molecule has 1 aliphatic rings. The Morgan fingerprint density at radius 3 is 2.95 bits per heavy atom. The van der Waals surface area contributed by atoms with E-state index in [1.807, 2.05) is 31.1 Å². The van der Waals surface area contributed by atoms with Gasteiger partial charge in [-0.05, 0) is 24.5 Å². The van der Waals surface area contributed by atoms with Crippen LogP contribution < -0.4 is 9.64 Å². The average Bonchev–Trinajstić information content (AvgIpc) is 2.47. The molecule has 20 heavy (non-hydrogen) atoms. The minimum atomic E-state index is 0.481. The second-order valence-electron chi connectivity index (χ2n) is 5.45. The fraction of sp³-hybridized carbons (Fsp3) is 0.375. The fourth-order valence-electron chi connectivity index (χ4n) is 2.56. The number of anilines is 1. The van der Waals surface area contributed by atoms with E-state index < -0.39 is 0 Å². The quantitative estimate of drug-likeness (QED) is 0.857. The summed E-state index contributed by atoms with van der Waals surface area (Å²) in [5.74, 6) is 2.46. The standard InChI is InChI=1S/C16H19N3O/c1-19(2)16-9-14(17-11-18-16)8-12-7-13-5-3-4-6-15(13)20-10-12/h3-6,9,11-12H,7-8,10H2,1-2H3/t12-/m1/s1. The molecule has 1 aliphatic heterocycles. The lowest BCUT2D eigenvalue weighted by Crippen LogP contribution is -2.23. The van der Waals surface area contributed by atoms with Crippen LogP contribution in [0, 0.1) is 5.92 Å². The molecule has 0 saturated heterocycles. The Labute approximate surface area is 119 Å². The van der Waals surface area contributed by atoms with E-state index in [9.17, 15) is 0 Å². The molecule has 2 heterocycles. The SMILES string of the molecule is CN(C)c1cc(C[C@@H]2COc3ccccc3C2)ncn1. The van der Waals surface area contributed by atoms with Crippen LogP contribution in [0.25, 0.3) is 0 Å². The number of fused-ring (bicyclic) bond motifs is 1. The number of para-hydroxylation sites is 1. The molecular weight excluding hydrogens is 250 g/mol. The van der Waals surface area contributed by atoms with Crippen molar-refractivity contribution < 1.29 is 4.74 Å². The van der Waals surface area contributed by atoms with E-state index in [4.69, 9.17) is 4.74 Å². The van der Waals surface area contributed by atoms with E-state index in [1.165, 1.54) is 5.56 Å². The van der Waals surface area contributed by atoms with Crippen LogP contribution in [0.1, 0.15) is 11.3 Å². The number of benzene rings is 1. The van der Waals surface area contributed by atoms with Crippen molar-refractivity contribution in [2.45, 2.75) is 12.8 Å². The van der Waals surface area contributed by atoms with Crippen LogP contribution in [0.15, 0.2) is 36.7 Å². The monoisotopic (exact) mass is 269 g/mol. The Kier molecular flexibility index (Phi) is 3.54. The van der Waals surface area contributed by atoms with Crippen molar-refractivity contribution in [1.29, 1.82) is 0 Å². The van der Waals surface area contributed by atoms with E-state index in [1.54, 1.807) is 6.33 Å². The minimum absolute atomic E-state index is 0.481. The third kappa shape index (κ3) is 2.74. The summed E-state index contributed by atoms with van der Waals surface area (Å²) in [4.78, 5) is 10.6. The van der Waals surface area contributed by atoms with Crippen LogP contribution in [-0.2, 0) is 12.8 Å². The van der Waals surface area contributed by atoms with Gasteiger partial charge in [0.05, 0.1) is 6.61 Å². The highest BCUT2D eigenvalue weighted by Gasteiger charge is 2.20. The second-order valence-corrected chi connectivity index (χ2v) is 5.45. The zero-order valence-corrected chi connectivity index (χ0v) is 11.9. The number of aromatic nitrogens is 2. The van der Waals surface area contributed by atoms with E-state index >= 15 is 0 Å². The van der Waals surface area contributed by atoms with E-state index in [-0.39, 0.29) is 0 Å². The molecule has 1 aromatic heterocycles. The van der Waals surface area contributed by atoms with Gasteiger partial charge in [0.2, 0.25) is 0 Å². The zero-order chi connectivity index (χ0) is 13.9. The van der Waals surface area contributed by atoms with Crippen LogP contribution in [0.2, 0.25) is 0 Å². The molecule has 0 amide bonds. The Hall–Kier alpha value is -2.10. The summed E-state index contributed by atoms with van der Waals surface area (Å²) in [6.45, 7) is 0.762. The highest BCUT2D eigenvalue weighted by molar-refractivity contribution is 5.37. The third-order valence-corrected chi connectivity index (χ3v) is 3.62. The Morgan fingerprint density at radius 1 is 1.25 bits per heavy atom. The van der Waals surface area contributed by atoms with Crippen LogP contribution in [0.3, 0.4) is 0 Å². The topological polar surface area (TPSA) is 38.2 Å². The normalized spacial score (nSPS) is 17.2. The first-order valence-corrected chi connectivity index (χ1v) is 6.91. The molecule has 0 unspecified atom stereocenters. The summed E-state index contributed by atoms with van der Waals surface area (Å²) in [7, 11) is 3.98. The van der Waals surface area contributed by atoms with Gasteiger partial charge in [0.15, 0.2) is 0 Å². The van der Waals surface area contributed by atoms with Gasteiger partial charge in [0.1, 0.15) is 17.9 Å². The maximum atomic E-state index is 5.83. The molecule has 4 nitrogen and oxygen atoms in total. The van der Waals surface area contributed by atoms with E-state index in [2.05, 4.69) is 28.2 Å². The first kappa shape index (κ1) is 12.9. The molecule has 4 heteroatoms. The molecule has 1 atom stereocenters. The van der Waals surface area contributed by atoms with Gasteiger partial charge in [-0.25, -0.2) is 9.97 Å². The Balaban J connectivity index is 1.72. The maximum absolute atomic E-state index is 5.83. The number of ether oxygens (including phenoxy) is 1. The molecule has 2 aromatic rings. The number of hydrogen-bond donors (Lipinski definition) is 0. The number of hydrogen-bond acceptors (Lipinski definition) is 4. The molecule has 0 bridgehead atoms. The predicted molar refractivity (Wildman–Crippen MR) is 79.2 cm³/mol.